The van der Waals surface area contributed by atoms with Crippen LogP contribution in [-0.2, 0) is 6.54 Å². The Bertz CT molecular complexity index is 431. The first-order chi connectivity index (χ1) is 9.86. The third kappa shape index (κ3) is 3.53. The molecule has 1 aliphatic carbocycles. The molecule has 1 aromatic rings. The van der Waals surface area contributed by atoms with Crippen molar-refractivity contribution in [3.63, 3.8) is 0 Å². The molecule has 2 aliphatic rings. The maximum absolute atomic E-state index is 5.49. The predicted octanol–water partition coefficient (Wildman–Crippen LogP) is 2.80. The summed E-state index contributed by atoms with van der Waals surface area (Å²) in [6, 6.07) is 9.92. The van der Waals surface area contributed by atoms with E-state index < -0.39 is 0 Å². The second kappa shape index (κ2) is 6.59. The highest BCUT2D eigenvalue weighted by Crippen LogP contribution is 2.25. The molecule has 110 valence electrons. The molecule has 3 nitrogen and oxygen atoms in total. The molecule has 1 heterocycles. The van der Waals surface area contributed by atoms with E-state index in [9.17, 15) is 0 Å². The van der Waals surface area contributed by atoms with Gasteiger partial charge in [0.15, 0.2) is 0 Å². The van der Waals surface area contributed by atoms with Crippen LogP contribution in [0.5, 0.6) is 5.75 Å². The first-order valence-corrected chi connectivity index (χ1v) is 7.96. The van der Waals surface area contributed by atoms with Crippen molar-refractivity contribution >= 4 is 0 Å². The molecule has 0 amide bonds. The highest BCUT2D eigenvalue weighted by atomic mass is 16.5. The van der Waals surface area contributed by atoms with E-state index in [1.54, 1.807) is 7.11 Å². The molecule has 0 aromatic heterocycles. The maximum atomic E-state index is 5.49. The van der Waals surface area contributed by atoms with Gasteiger partial charge in [0.05, 0.1) is 7.11 Å². The van der Waals surface area contributed by atoms with Crippen molar-refractivity contribution in [2.45, 2.75) is 50.7 Å². The number of ether oxygens (including phenoxy) is 1. The number of hydrogen-bond acceptors (Lipinski definition) is 3. The minimum Gasteiger partial charge on any atom is -0.496 e. The quantitative estimate of drug-likeness (QED) is 0.863. The van der Waals surface area contributed by atoms with Crippen LogP contribution in [0.25, 0.3) is 0 Å². The van der Waals surface area contributed by atoms with Crippen LogP contribution in [0.2, 0.25) is 0 Å². The van der Waals surface area contributed by atoms with Gasteiger partial charge >= 0.3 is 0 Å². The van der Waals surface area contributed by atoms with Gasteiger partial charge in [0.25, 0.3) is 0 Å². The highest BCUT2D eigenvalue weighted by molar-refractivity contribution is 5.33. The van der Waals surface area contributed by atoms with Gasteiger partial charge in [0, 0.05) is 30.7 Å². The summed E-state index contributed by atoms with van der Waals surface area (Å²) >= 11 is 0. The summed E-state index contributed by atoms with van der Waals surface area (Å²) in [5.74, 6) is 1.02. The molecule has 0 bridgehead atoms. The molecule has 20 heavy (non-hydrogen) atoms. The minimum absolute atomic E-state index is 0.689. The zero-order chi connectivity index (χ0) is 13.8. The Morgan fingerprint density at radius 2 is 2.05 bits per heavy atom. The topological polar surface area (TPSA) is 24.5 Å². The monoisotopic (exact) mass is 274 g/mol. The van der Waals surface area contributed by atoms with Gasteiger partial charge in [0.1, 0.15) is 5.75 Å². The average Bonchev–Trinajstić information content (AvgIpc) is 3.31. The molecule has 3 heteroatoms. The van der Waals surface area contributed by atoms with Gasteiger partial charge in [-0.1, -0.05) is 24.6 Å². The third-order valence-electron chi connectivity index (χ3n) is 4.53. The highest BCUT2D eigenvalue weighted by Gasteiger charge is 2.26. The normalized spacial score (nSPS) is 23.8. The number of piperidine rings is 1. The lowest BCUT2D eigenvalue weighted by molar-refractivity contribution is 0.136. The van der Waals surface area contributed by atoms with E-state index in [1.807, 2.05) is 6.07 Å². The van der Waals surface area contributed by atoms with Crippen molar-refractivity contribution in [1.29, 1.82) is 0 Å². The Morgan fingerprint density at radius 3 is 2.85 bits per heavy atom. The fourth-order valence-electron chi connectivity index (χ4n) is 3.14. The first kappa shape index (κ1) is 13.9. The van der Waals surface area contributed by atoms with E-state index >= 15 is 0 Å². The third-order valence-corrected chi connectivity index (χ3v) is 4.53. The lowest BCUT2D eigenvalue weighted by atomic mass is 10.0. The number of rotatable bonds is 6. The molecule has 1 aliphatic heterocycles. The number of likely N-dealkylation sites (tertiary alicyclic amines) is 1. The summed E-state index contributed by atoms with van der Waals surface area (Å²) in [7, 11) is 1.77. The molecule has 0 radical (unpaired) electrons. The SMILES string of the molecule is COc1ccccc1CN1CCCCC1CNC1CC1. The van der Waals surface area contributed by atoms with Crippen LogP contribution in [0.3, 0.4) is 0 Å². The van der Waals surface area contributed by atoms with E-state index in [0.717, 1.165) is 24.9 Å². The van der Waals surface area contributed by atoms with E-state index in [0.29, 0.717) is 6.04 Å². The van der Waals surface area contributed by atoms with Crippen molar-refractivity contribution in [2.75, 3.05) is 20.2 Å². The molecule has 0 spiro atoms. The second-order valence-electron chi connectivity index (χ2n) is 6.11. The first-order valence-electron chi connectivity index (χ1n) is 7.96. The Hall–Kier alpha value is -1.06. The lowest BCUT2D eigenvalue weighted by Gasteiger charge is -2.36. The van der Waals surface area contributed by atoms with Gasteiger partial charge < -0.3 is 10.1 Å². The zero-order valence-corrected chi connectivity index (χ0v) is 12.5. The molecule has 3 rings (SSSR count). The van der Waals surface area contributed by atoms with Gasteiger partial charge in [0.2, 0.25) is 0 Å². The standard InChI is InChI=1S/C17H26N2O/c1-20-17-8-3-2-6-14(17)13-19-11-5-4-7-16(19)12-18-15-9-10-15/h2-3,6,8,15-16,18H,4-5,7,9-13H2,1H3. The van der Waals surface area contributed by atoms with Gasteiger partial charge in [-0.3, -0.25) is 4.90 Å². The Labute approximate surface area is 122 Å². The van der Waals surface area contributed by atoms with E-state index in [-0.39, 0.29) is 0 Å². The summed E-state index contributed by atoms with van der Waals surface area (Å²) < 4.78 is 5.49. The van der Waals surface area contributed by atoms with E-state index in [2.05, 4.69) is 28.4 Å². The molecule has 2 fully saturated rings. The number of nitrogens with zero attached hydrogens (tertiary/aromatic N) is 1. The van der Waals surface area contributed by atoms with Crippen LogP contribution >= 0.6 is 0 Å². The van der Waals surface area contributed by atoms with Crippen LogP contribution < -0.4 is 10.1 Å². The average molecular weight is 274 g/mol. The molecule has 1 atom stereocenters. The molecule has 1 N–H and O–H groups in total. The fourth-order valence-corrected chi connectivity index (χ4v) is 3.14. The summed E-state index contributed by atoms with van der Waals surface area (Å²) in [5.41, 5.74) is 1.31. The summed E-state index contributed by atoms with van der Waals surface area (Å²) in [6.07, 6.45) is 6.78. The van der Waals surface area contributed by atoms with Gasteiger partial charge in [-0.2, -0.15) is 0 Å². The number of hydrogen-bond donors (Lipinski definition) is 1. The second-order valence-corrected chi connectivity index (χ2v) is 6.11. The van der Waals surface area contributed by atoms with Gasteiger partial charge in [-0.25, -0.2) is 0 Å². The van der Waals surface area contributed by atoms with Crippen LogP contribution in [0, 0.1) is 0 Å². The molecular formula is C17H26N2O. The number of methoxy groups -OCH3 is 1. The summed E-state index contributed by atoms with van der Waals surface area (Å²) in [4.78, 5) is 2.64. The van der Waals surface area contributed by atoms with Crippen LogP contribution in [0.4, 0.5) is 0 Å². The minimum atomic E-state index is 0.689. The fraction of sp³-hybridized carbons (Fsp3) is 0.647. The Morgan fingerprint density at radius 1 is 1.20 bits per heavy atom. The zero-order valence-electron chi connectivity index (χ0n) is 12.5. The van der Waals surface area contributed by atoms with Crippen molar-refractivity contribution in [3.8, 4) is 5.75 Å². The van der Waals surface area contributed by atoms with E-state index in [1.165, 1.54) is 44.2 Å². The number of benzene rings is 1. The summed E-state index contributed by atoms with van der Waals surface area (Å²) in [5, 5.41) is 3.70. The maximum Gasteiger partial charge on any atom is 0.123 e. The molecular weight excluding hydrogens is 248 g/mol. The van der Waals surface area contributed by atoms with E-state index in [4.69, 9.17) is 4.74 Å². The Kier molecular flexibility index (Phi) is 4.58. The number of para-hydroxylation sites is 1. The molecule has 1 saturated carbocycles. The predicted molar refractivity (Wildman–Crippen MR) is 82.1 cm³/mol. The van der Waals surface area contributed by atoms with Crippen molar-refractivity contribution in [3.05, 3.63) is 29.8 Å². The smallest absolute Gasteiger partial charge is 0.123 e. The Balaban J connectivity index is 1.62. The molecule has 1 aromatic carbocycles. The van der Waals surface area contributed by atoms with Crippen molar-refractivity contribution in [2.24, 2.45) is 0 Å². The molecule has 1 unspecified atom stereocenters. The van der Waals surface area contributed by atoms with Crippen molar-refractivity contribution < 1.29 is 4.74 Å². The van der Waals surface area contributed by atoms with Gasteiger partial charge in [-0.15, -0.1) is 0 Å². The number of nitrogens with one attached hydrogen (secondary N) is 1. The largest absolute Gasteiger partial charge is 0.496 e. The van der Waals surface area contributed by atoms with Crippen LogP contribution in [0.15, 0.2) is 24.3 Å². The lowest BCUT2D eigenvalue weighted by Crippen LogP contribution is -2.45. The van der Waals surface area contributed by atoms with Crippen molar-refractivity contribution in [1.82, 2.24) is 10.2 Å². The molecule has 1 saturated heterocycles. The van der Waals surface area contributed by atoms with Gasteiger partial charge in [-0.05, 0) is 38.3 Å². The van der Waals surface area contributed by atoms with Crippen LogP contribution in [-0.4, -0.2) is 37.2 Å². The van der Waals surface area contributed by atoms with Crippen LogP contribution in [0.1, 0.15) is 37.7 Å². The summed E-state index contributed by atoms with van der Waals surface area (Å²) in [6.45, 7) is 3.38.